The summed E-state index contributed by atoms with van der Waals surface area (Å²) >= 11 is 1.62. The number of sulfone groups is 1. The van der Waals surface area contributed by atoms with Crippen molar-refractivity contribution in [1.82, 2.24) is 15.6 Å². The minimum Gasteiger partial charge on any atom is -0.356 e. The van der Waals surface area contributed by atoms with E-state index in [4.69, 9.17) is 0 Å². The zero-order chi connectivity index (χ0) is 20.7. The molecule has 6 nitrogen and oxygen atoms in total. The van der Waals surface area contributed by atoms with E-state index < -0.39 is 9.84 Å². The second-order valence-electron chi connectivity index (χ2n) is 6.51. The summed E-state index contributed by atoms with van der Waals surface area (Å²) in [5.74, 6) is 0.703. The monoisotopic (exact) mass is 556 g/mol. The Morgan fingerprint density at radius 2 is 1.77 bits per heavy atom. The molecule has 0 saturated carbocycles. The molecule has 2 aromatic carbocycles. The Labute approximate surface area is 198 Å². The maximum absolute atomic E-state index is 11.5. The first-order valence-electron chi connectivity index (χ1n) is 9.19. The van der Waals surface area contributed by atoms with Crippen LogP contribution in [0.5, 0.6) is 0 Å². The predicted octanol–water partition coefficient (Wildman–Crippen LogP) is 3.74. The van der Waals surface area contributed by atoms with Crippen LogP contribution < -0.4 is 10.6 Å². The van der Waals surface area contributed by atoms with Gasteiger partial charge in [0.1, 0.15) is 5.01 Å². The molecule has 30 heavy (non-hydrogen) atoms. The van der Waals surface area contributed by atoms with Gasteiger partial charge in [-0.2, -0.15) is 0 Å². The number of rotatable bonds is 7. The normalized spacial score (nSPS) is 11.6. The Balaban J connectivity index is 0.00000320. The Hall–Kier alpha value is -1.98. The molecule has 160 valence electrons. The highest BCUT2D eigenvalue weighted by Crippen LogP contribution is 2.21. The molecule has 0 spiro atoms. The third-order valence-corrected chi connectivity index (χ3v) is 6.29. The summed E-state index contributed by atoms with van der Waals surface area (Å²) in [4.78, 5) is 9.24. The van der Waals surface area contributed by atoms with Gasteiger partial charge in [0.2, 0.25) is 0 Å². The van der Waals surface area contributed by atoms with Crippen molar-refractivity contribution in [1.29, 1.82) is 0 Å². The van der Waals surface area contributed by atoms with Crippen molar-refractivity contribution in [3.05, 3.63) is 70.5 Å². The first-order chi connectivity index (χ1) is 14.0. The van der Waals surface area contributed by atoms with E-state index in [9.17, 15) is 8.42 Å². The lowest BCUT2D eigenvalue weighted by molar-refractivity contribution is 0.602. The minimum atomic E-state index is -3.16. The highest BCUT2D eigenvalue weighted by molar-refractivity contribution is 14.0. The third kappa shape index (κ3) is 7.06. The van der Waals surface area contributed by atoms with Crippen LogP contribution in [-0.2, 0) is 22.8 Å². The number of nitrogens with one attached hydrogen (secondary N) is 2. The van der Waals surface area contributed by atoms with Gasteiger partial charge < -0.3 is 10.6 Å². The van der Waals surface area contributed by atoms with Gasteiger partial charge in [-0.3, -0.25) is 4.99 Å². The van der Waals surface area contributed by atoms with Crippen molar-refractivity contribution in [2.24, 2.45) is 4.99 Å². The topological polar surface area (TPSA) is 83.5 Å². The van der Waals surface area contributed by atoms with E-state index in [1.54, 1.807) is 30.5 Å². The van der Waals surface area contributed by atoms with Crippen LogP contribution in [-0.4, -0.2) is 39.2 Å². The van der Waals surface area contributed by atoms with E-state index in [2.05, 4.69) is 38.1 Å². The third-order valence-electron chi connectivity index (χ3n) is 4.31. The number of aliphatic imine (C=N–C) groups is 1. The summed E-state index contributed by atoms with van der Waals surface area (Å²) in [6.45, 7) is 1.28. The van der Waals surface area contributed by atoms with Crippen LogP contribution in [0.2, 0.25) is 0 Å². The summed E-state index contributed by atoms with van der Waals surface area (Å²) in [5.41, 5.74) is 3.15. The first kappa shape index (κ1) is 24.3. The summed E-state index contributed by atoms with van der Waals surface area (Å²) in [7, 11) is -1.43. The highest BCUT2D eigenvalue weighted by Gasteiger charge is 2.07. The molecule has 3 rings (SSSR count). The van der Waals surface area contributed by atoms with Crippen molar-refractivity contribution in [3.8, 4) is 11.3 Å². The number of aromatic nitrogens is 1. The van der Waals surface area contributed by atoms with Crippen LogP contribution in [0.3, 0.4) is 0 Å². The van der Waals surface area contributed by atoms with Crippen LogP contribution in [0.1, 0.15) is 10.6 Å². The van der Waals surface area contributed by atoms with Gasteiger partial charge in [0, 0.05) is 30.8 Å². The number of hydrogen-bond acceptors (Lipinski definition) is 5. The van der Waals surface area contributed by atoms with Crippen LogP contribution >= 0.6 is 35.3 Å². The van der Waals surface area contributed by atoms with E-state index in [0.29, 0.717) is 23.9 Å². The molecular formula is C21H25IN4O2S2. The van der Waals surface area contributed by atoms with E-state index in [-0.39, 0.29) is 24.0 Å². The number of halogens is 1. The average molecular weight is 556 g/mol. The molecule has 2 N–H and O–H groups in total. The molecule has 0 unspecified atom stereocenters. The van der Waals surface area contributed by atoms with Crippen molar-refractivity contribution in [3.63, 3.8) is 0 Å². The standard InChI is InChI=1S/C21H24N4O2S2.HI/c1-22-21(23-13-12-16-8-10-18(11-9-16)29(2,26)27)24-14-20-25-19(15-28-20)17-6-4-3-5-7-17;/h3-11,15H,12-14H2,1-2H3,(H2,22,23,24);1H. The molecule has 1 heterocycles. The number of nitrogens with zero attached hydrogens (tertiary/aromatic N) is 2. The highest BCUT2D eigenvalue weighted by atomic mass is 127. The van der Waals surface area contributed by atoms with E-state index in [0.717, 1.165) is 28.2 Å². The van der Waals surface area contributed by atoms with Gasteiger partial charge in [-0.25, -0.2) is 13.4 Å². The van der Waals surface area contributed by atoms with Gasteiger partial charge in [-0.05, 0) is 24.1 Å². The van der Waals surface area contributed by atoms with Gasteiger partial charge in [-0.1, -0.05) is 42.5 Å². The van der Waals surface area contributed by atoms with Gasteiger partial charge in [0.15, 0.2) is 15.8 Å². The van der Waals surface area contributed by atoms with Crippen LogP contribution in [0.25, 0.3) is 11.3 Å². The van der Waals surface area contributed by atoms with E-state index in [1.165, 1.54) is 6.26 Å². The van der Waals surface area contributed by atoms with Crippen molar-refractivity contribution >= 4 is 51.1 Å². The smallest absolute Gasteiger partial charge is 0.191 e. The summed E-state index contributed by atoms with van der Waals surface area (Å²) in [6.07, 6.45) is 1.98. The molecule has 0 fully saturated rings. The SMILES string of the molecule is CN=C(NCCc1ccc(S(C)(=O)=O)cc1)NCc1nc(-c2ccccc2)cs1.I. The molecule has 0 radical (unpaired) electrons. The molecular weight excluding hydrogens is 531 g/mol. The fourth-order valence-corrected chi connectivity index (χ4v) is 4.12. The van der Waals surface area contributed by atoms with Crippen molar-refractivity contribution in [2.75, 3.05) is 19.8 Å². The Kier molecular flexibility index (Phi) is 9.25. The zero-order valence-corrected chi connectivity index (χ0v) is 20.8. The lowest BCUT2D eigenvalue weighted by Gasteiger charge is -2.11. The summed E-state index contributed by atoms with van der Waals surface area (Å²) < 4.78 is 23.0. The second kappa shape index (κ2) is 11.4. The summed E-state index contributed by atoms with van der Waals surface area (Å²) in [6, 6.07) is 17.1. The molecule has 0 aliphatic rings. The molecule has 0 atom stereocenters. The maximum Gasteiger partial charge on any atom is 0.191 e. The number of hydrogen-bond donors (Lipinski definition) is 2. The van der Waals surface area contributed by atoms with Crippen LogP contribution in [0.4, 0.5) is 0 Å². The molecule has 0 aliphatic carbocycles. The van der Waals surface area contributed by atoms with Crippen LogP contribution in [0, 0.1) is 0 Å². The average Bonchev–Trinajstić information content (AvgIpc) is 3.20. The molecule has 0 saturated heterocycles. The first-order valence-corrected chi connectivity index (χ1v) is 12.0. The van der Waals surface area contributed by atoms with Gasteiger partial charge in [0.25, 0.3) is 0 Å². The predicted molar refractivity (Wildman–Crippen MR) is 134 cm³/mol. The zero-order valence-electron chi connectivity index (χ0n) is 16.8. The lowest BCUT2D eigenvalue weighted by atomic mass is 10.1. The number of benzene rings is 2. The fourth-order valence-electron chi connectivity index (χ4n) is 2.74. The van der Waals surface area contributed by atoms with Crippen molar-refractivity contribution in [2.45, 2.75) is 17.9 Å². The maximum atomic E-state index is 11.5. The van der Waals surface area contributed by atoms with E-state index in [1.807, 2.05) is 30.3 Å². The largest absolute Gasteiger partial charge is 0.356 e. The second-order valence-corrected chi connectivity index (χ2v) is 9.47. The molecule has 0 aliphatic heterocycles. The Bertz CT molecular complexity index is 1070. The van der Waals surface area contributed by atoms with Crippen LogP contribution in [0.15, 0.2) is 69.9 Å². The molecule has 9 heteroatoms. The van der Waals surface area contributed by atoms with E-state index >= 15 is 0 Å². The molecule has 1 aromatic heterocycles. The minimum absolute atomic E-state index is 0. The quantitative estimate of drug-likeness (QED) is 0.263. The Morgan fingerprint density at radius 1 is 1.07 bits per heavy atom. The van der Waals surface area contributed by atoms with Gasteiger partial charge in [-0.15, -0.1) is 35.3 Å². The number of guanidine groups is 1. The number of thiazole rings is 1. The summed E-state index contributed by atoms with van der Waals surface area (Å²) in [5, 5.41) is 9.59. The van der Waals surface area contributed by atoms with Gasteiger partial charge in [0.05, 0.1) is 17.1 Å². The van der Waals surface area contributed by atoms with Gasteiger partial charge >= 0.3 is 0 Å². The Morgan fingerprint density at radius 3 is 2.40 bits per heavy atom. The molecule has 3 aromatic rings. The van der Waals surface area contributed by atoms with Crippen molar-refractivity contribution < 1.29 is 8.42 Å². The fraction of sp³-hybridized carbons (Fsp3) is 0.238. The molecule has 0 amide bonds. The molecule has 0 bridgehead atoms. The lowest BCUT2D eigenvalue weighted by Crippen LogP contribution is -2.37.